The number of nitrogens with zero attached hydrogens (tertiary/aromatic N) is 7. The third-order valence-corrected chi connectivity index (χ3v) is 5.80. The van der Waals surface area contributed by atoms with Crippen LogP contribution < -0.4 is 10.1 Å². The van der Waals surface area contributed by atoms with Crippen molar-refractivity contribution in [3.05, 3.63) is 66.5 Å². The molecule has 1 N–H and O–H groups in total. The Morgan fingerprint density at radius 2 is 1.86 bits per heavy atom. The largest absolute Gasteiger partial charge is 0.481 e. The Labute approximate surface area is 196 Å². The van der Waals surface area contributed by atoms with Gasteiger partial charge in [0.1, 0.15) is 5.69 Å². The van der Waals surface area contributed by atoms with Crippen molar-refractivity contribution in [2.45, 2.75) is 18.8 Å². The van der Waals surface area contributed by atoms with Crippen molar-refractivity contribution in [3.8, 4) is 17.0 Å². The summed E-state index contributed by atoms with van der Waals surface area (Å²) in [5.41, 5.74) is 1.43. The number of fused-ring (bicyclic) bond motifs is 2. The van der Waals surface area contributed by atoms with E-state index in [9.17, 15) is 4.79 Å². The van der Waals surface area contributed by atoms with Gasteiger partial charge in [0.2, 0.25) is 17.6 Å². The predicted molar refractivity (Wildman–Crippen MR) is 120 cm³/mol. The molecule has 0 saturated heterocycles. The topological polar surface area (TPSA) is 112 Å². The quantitative estimate of drug-likeness (QED) is 0.400. The van der Waals surface area contributed by atoms with Crippen LogP contribution in [0.1, 0.15) is 24.4 Å². The normalized spacial score (nSPS) is 13.9. The first-order valence-electron chi connectivity index (χ1n) is 10.8. The van der Waals surface area contributed by atoms with E-state index in [1.165, 1.54) is 40.6 Å². The number of aromatic nitrogens is 7. The molecule has 0 spiro atoms. The van der Waals surface area contributed by atoms with Crippen LogP contribution >= 0.6 is 0 Å². The van der Waals surface area contributed by atoms with Crippen LogP contribution in [0.5, 0.6) is 5.88 Å². The predicted octanol–water partition coefficient (Wildman–Crippen LogP) is 3.33. The van der Waals surface area contributed by atoms with E-state index in [2.05, 4.69) is 30.6 Å². The number of imidazole rings is 1. The van der Waals surface area contributed by atoms with E-state index < -0.39 is 17.4 Å². The van der Waals surface area contributed by atoms with E-state index in [0.717, 1.165) is 18.4 Å². The fourth-order valence-electron chi connectivity index (χ4n) is 3.75. The van der Waals surface area contributed by atoms with Crippen LogP contribution in [0.3, 0.4) is 0 Å². The van der Waals surface area contributed by atoms with Crippen molar-refractivity contribution >= 4 is 23.0 Å². The molecule has 1 saturated carbocycles. The zero-order valence-corrected chi connectivity index (χ0v) is 18.4. The van der Waals surface area contributed by atoms with E-state index in [1.807, 2.05) is 0 Å². The Hall–Kier alpha value is -4.48. The fourth-order valence-corrected chi connectivity index (χ4v) is 3.75. The lowest BCUT2D eigenvalue weighted by atomic mass is 10.1. The van der Waals surface area contributed by atoms with Crippen LogP contribution in [0.4, 0.5) is 14.6 Å². The summed E-state index contributed by atoms with van der Waals surface area (Å²) in [7, 11) is 1.51. The van der Waals surface area contributed by atoms with Crippen molar-refractivity contribution in [2.75, 3.05) is 12.4 Å². The second kappa shape index (κ2) is 7.79. The molecule has 10 nitrogen and oxygen atoms in total. The average molecular weight is 476 g/mol. The van der Waals surface area contributed by atoms with Gasteiger partial charge in [0, 0.05) is 35.5 Å². The number of anilines is 1. The number of nitrogens with one attached hydrogen (secondary N) is 1. The van der Waals surface area contributed by atoms with Gasteiger partial charge >= 0.3 is 5.92 Å². The van der Waals surface area contributed by atoms with Gasteiger partial charge in [-0.2, -0.15) is 13.9 Å². The number of rotatable bonds is 6. The van der Waals surface area contributed by atoms with E-state index in [-0.39, 0.29) is 23.3 Å². The molecule has 0 atom stereocenters. The highest BCUT2D eigenvalue weighted by Gasteiger charge is 2.41. The monoisotopic (exact) mass is 476 g/mol. The van der Waals surface area contributed by atoms with Gasteiger partial charge < -0.3 is 10.1 Å². The van der Waals surface area contributed by atoms with E-state index in [4.69, 9.17) is 4.74 Å². The minimum atomic E-state index is -3.56. The second-order valence-corrected chi connectivity index (χ2v) is 8.24. The number of ether oxygens (including phenoxy) is 1. The van der Waals surface area contributed by atoms with Crippen molar-refractivity contribution in [2.24, 2.45) is 5.92 Å². The van der Waals surface area contributed by atoms with Gasteiger partial charge in [-0.15, -0.1) is 10.2 Å². The number of hydrogen-bond donors (Lipinski definition) is 1. The number of carbonyl (C=O) groups is 1. The number of alkyl halides is 2. The molecule has 35 heavy (non-hydrogen) atoms. The van der Waals surface area contributed by atoms with Crippen LogP contribution in [-0.4, -0.2) is 47.2 Å². The molecular formula is C23H18F2N8O2. The van der Waals surface area contributed by atoms with Gasteiger partial charge in [-0.1, -0.05) is 0 Å². The molecule has 12 heteroatoms. The summed E-state index contributed by atoms with van der Waals surface area (Å²) in [6.45, 7) is 0. The van der Waals surface area contributed by atoms with Crippen LogP contribution in [0.25, 0.3) is 22.4 Å². The van der Waals surface area contributed by atoms with Crippen molar-refractivity contribution in [1.29, 1.82) is 0 Å². The van der Waals surface area contributed by atoms with Gasteiger partial charge in [-0.05, 0) is 43.2 Å². The van der Waals surface area contributed by atoms with Gasteiger partial charge in [-0.3, -0.25) is 9.20 Å². The van der Waals surface area contributed by atoms with Gasteiger partial charge in [0.15, 0.2) is 17.1 Å². The number of halogens is 2. The molecular weight excluding hydrogens is 458 g/mol. The van der Waals surface area contributed by atoms with Gasteiger partial charge in [0.05, 0.1) is 13.3 Å². The molecule has 6 rings (SSSR count). The average Bonchev–Trinajstić information content (AvgIpc) is 3.51. The molecule has 5 aromatic heterocycles. The zero-order chi connectivity index (χ0) is 24.2. The zero-order valence-electron chi connectivity index (χ0n) is 18.4. The lowest BCUT2D eigenvalue weighted by Gasteiger charge is -2.14. The molecule has 1 aliphatic rings. The number of amides is 1. The van der Waals surface area contributed by atoms with Crippen molar-refractivity contribution in [3.63, 3.8) is 0 Å². The van der Waals surface area contributed by atoms with Gasteiger partial charge in [0.25, 0.3) is 0 Å². The molecule has 1 fully saturated rings. The van der Waals surface area contributed by atoms with Crippen LogP contribution in [-0.2, 0) is 10.7 Å². The lowest BCUT2D eigenvalue weighted by Crippen LogP contribution is -2.22. The first-order chi connectivity index (χ1) is 16.9. The smallest absolute Gasteiger partial charge is 0.350 e. The summed E-state index contributed by atoms with van der Waals surface area (Å²) >= 11 is 0. The minimum Gasteiger partial charge on any atom is -0.481 e. The van der Waals surface area contributed by atoms with E-state index >= 15 is 8.78 Å². The third-order valence-electron chi connectivity index (χ3n) is 5.80. The molecule has 176 valence electrons. The molecule has 0 bridgehead atoms. The number of hydrogen-bond acceptors (Lipinski definition) is 7. The molecule has 0 unspecified atom stereocenters. The summed E-state index contributed by atoms with van der Waals surface area (Å²) in [6, 6.07) is 9.43. The summed E-state index contributed by atoms with van der Waals surface area (Å²) in [4.78, 5) is 20.4. The molecule has 1 aliphatic carbocycles. The second-order valence-electron chi connectivity index (χ2n) is 8.24. The molecule has 5 heterocycles. The number of methoxy groups -OCH3 is 1. The van der Waals surface area contributed by atoms with Crippen molar-refractivity contribution < 1.29 is 18.3 Å². The first-order valence-corrected chi connectivity index (χ1v) is 10.8. The summed E-state index contributed by atoms with van der Waals surface area (Å²) in [5.74, 6) is -3.57. The first kappa shape index (κ1) is 21.1. The van der Waals surface area contributed by atoms with Gasteiger partial charge in [-0.25, -0.2) is 14.5 Å². The summed E-state index contributed by atoms with van der Waals surface area (Å²) in [5, 5.41) is 14.4. The molecule has 1 amide bonds. The number of pyridine rings is 2. The highest BCUT2D eigenvalue weighted by Crippen LogP contribution is 2.34. The molecule has 0 aromatic carbocycles. The minimum absolute atomic E-state index is 0.00697. The highest BCUT2D eigenvalue weighted by molar-refractivity contribution is 5.93. The maximum atomic E-state index is 15.6. The molecule has 5 aromatic rings. The molecule has 0 aliphatic heterocycles. The Balaban J connectivity index is 1.36. The summed E-state index contributed by atoms with van der Waals surface area (Å²) in [6.07, 6.45) is 6.22. The van der Waals surface area contributed by atoms with E-state index in [0.29, 0.717) is 17.1 Å². The summed E-state index contributed by atoms with van der Waals surface area (Å²) < 4.78 is 38.8. The van der Waals surface area contributed by atoms with Crippen LogP contribution in [0.2, 0.25) is 0 Å². The number of carbonyl (C=O) groups excluding carboxylic acids is 1. The Morgan fingerprint density at radius 3 is 2.60 bits per heavy atom. The SMILES string of the molecule is COc1ccc(-c2ccc3nnc(C(F)(F)c4ccc5nc(NC(=O)C6CC6)cn5n4)n3c2)cn1. The fraction of sp³-hybridized carbons (Fsp3) is 0.217. The highest BCUT2D eigenvalue weighted by atomic mass is 19.3. The maximum absolute atomic E-state index is 15.6. The maximum Gasteiger partial charge on any atom is 0.350 e. The third kappa shape index (κ3) is 3.72. The Morgan fingerprint density at radius 1 is 1.06 bits per heavy atom. The van der Waals surface area contributed by atoms with E-state index in [1.54, 1.807) is 30.5 Å². The Kier molecular flexibility index (Phi) is 4.69. The Bertz CT molecular complexity index is 1570. The lowest BCUT2D eigenvalue weighted by molar-refractivity contribution is -0.117. The van der Waals surface area contributed by atoms with Crippen LogP contribution in [0, 0.1) is 5.92 Å². The molecule has 0 radical (unpaired) electrons. The standard InChI is InChI=1S/C23H18F2N8O2/c1-35-20-9-5-14(10-26-20)15-4-7-19-29-30-22(32(19)11-15)23(24,25)16-6-8-18-27-17(12-33(18)31-16)28-21(34)13-2-3-13/h4-13H,2-3H2,1H3,(H,28,34). The van der Waals surface area contributed by atoms with Crippen molar-refractivity contribution in [1.82, 2.24) is 34.2 Å². The van der Waals surface area contributed by atoms with Crippen LogP contribution in [0.15, 0.2) is 55.0 Å².